The van der Waals surface area contributed by atoms with E-state index in [1.807, 2.05) is 30.3 Å². The molecule has 9 heteroatoms. The molecule has 0 bridgehead atoms. The molecule has 3 rings (SSSR count). The Kier molecular flexibility index (Phi) is 6.92. The fourth-order valence-electron chi connectivity index (χ4n) is 2.93. The van der Waals surface area contributed by atoms with Gasteiger partial charge in [-0.3, -0.25) is 4.79 Å². The molecule has 0 aliphatic carbocycles. The van der Waals surface area contributed by atoms with Gasteiger partial charge in [-0.25, -0.2) is 8.42 Å². The van der Waals surface area contributed by atoms with Crippen molar-refractivity contribution in [1.82, 2.24) is 0 Å². The van der Waals surface area contributed by atoms with Crippen molar-refractivity contribution < 1.29 is 26.7 Å². The Morgan fingerprint density at radius 2 is 1.77 bits per heavy atom. The number of halogens is 3. The van der Waals surface area contributed by atoms with Gasteiger partial charge in [-0.2, -0.15) is 8.78 Å². The predicted molar refractivity (Wildman–Crippen MR) is 115 cm³/mol. The number of carbonyl (C=O) groups is 1. The van der Waals surface area contributed by atoms with Gasteiger partial charge in [-0.1, -0.05) is 41.9 Å². The number of hydrogen-bond acceptors (Lipinski definition) is 4. The van der Waals surface area contributed by atoms with Gasteiger partial charge in [-0.15, -0.1) is 0 Å². The first-order valence-electron chi connectivity index (χ1n) is 9.06. The minimum atomic E-state index is -3.53. The number of anilines is 1. The summed E-state index contributed by atoms with van der Waals surface area (Å²) in [6, 6.07) is 17.3. The molecule has 0 saturated carbocycles. The van der Waals surface area contributed by atoms with Gasteiger partial charge in [0.2, 0.25) is 0 Å². The van der Waals surface area contributed by atoms with Crippen molar-refractivity contribution in [2.75, 3.05) is 11.6 Å². The van der Waals surface area contributed by atoms with E-state index in [9.17, 15) is 22.0 Å². The van der Waals surface area contributed by atoms with Gasteiger partial charge >= 0.3 is 6.61 Å². The van der Waals surface area contributed by atoms with E-state index in [4.69, 9.17) is 11.6 Å². The minimum absolute atomic E-state index is 0.00559. The molecule has 0 radical (unpaired) electrons. The molecule has 0 spiro atoms. The first kappa shape index (κ1) is 22.7. The van der Waals surface area contributed by atoms with Gasteiger partial charge in [0.25, 0.3) is 5.91 Å². The Bertz CT molecular complexity index is 1200. The summed E-state index contributed by atoms with van der Waals surface area (Å²) in [7, 11) is -3.53. The number of sulfone groups is 1. The summed E-state index contributed by atoms with van der Waals surface area (Å²) in [4.78, 5) is 12.7. The lowest BCUT2D eigenvalue weighted by atomic mass is 10.0. The molecule has 5 nitrogen and oxygen atoms in total. The van der Waals surface area contributed by atoms with E-state index in [1.165, 1.54) is 36.4 Å². The molecule has 0 atom stereocenters. The van der Waals surface area contributed by atoms with Crippen molar-refractivity contribution >= 4 is 33.0 Å². The van der Waals surface area contributed by atoms with Crippen LogP contribution in [0.1, 0.15) is 21.5 Å². The number of alkyl halides is 2. The molecule has 0 fully saturated rings. The largest absolute Gasteiger partial charge is 0.435 e. The van der Waals surface area contributed by atoms with Crippen molar-refractivity contribution in [2.45, 2.75) is 17.9 Å². The zero-order chi connectivity index (χ0) is 22.6. The molecule has 0 aliphatic rings. The third-order valence-corrected chi connectivity index (χ3v) is 5.82. The number of ether oxygens (including phenoxy) is 1. The average molecular weight is 466 g/mol. The first-order valence-corrected chi connectivity index (χ1v) is 11.3. The van der Waals surface area contributed by atoms with E-state index in [0.717, 1.165) is 11.8 Å². The summed E-state index contributed by atoms with van der Waals surface area (Å²) < 4.78 is 53.7. The third kappa shape index (κ3) is 6.02. The lowest BCUT2D eigenvalue weighted by Crippen LogP contribution is -2.14. The van der Waals surface area contributed by atoms with Crippen LogP contribution in [-0.2, 0) is 16.3 Å². The molecular weight excluding hydrogens is 448 g/mol. The number of nitrogens with one attached hydrogen (secondary N) is 1. The van der Waals surface area contributed by atoms with Crippen LogP contribution in [0.3, 0.4) is 0 Å². The monoisotopic (exact) mass is 465 g/mol. The van der Waals surface area contributed by atoms with Crippen LogP contribution in [-0.4, -0.2) is 27.2 Å². The maximum atomic E-state index is 12.8. The number of hydrogen-bond donors (Lipinski definition) is 1. The number of amides is 1. The molecule has 162 valence electrons. The average Bonchev–Trinajstić information content (AvgIpc) is 2.70. The molecule has 1 N–H and O–H groups in total. The highest BCUT2D eigenvalue weighted by atomic mass is 35.5. The Labute approximate surface area is 183 Å². The normalized spacial score (nSPS) is 11.4. The molecule has 3 aromatic rings. The van der Waals surface area contributed by atoms with Crippen LogP contribution in [0, 0.1) is 0 Å². The fraction of sp³-hybridized carbons (Fsp3) is 0.136. The summed E-state index contributed by atoms with van der Waals surface area (Å²) >= 11 is 6.07. The molecule has 0 heterocycles. The Morgan fingerprint density at radius 1 is 1.06 bits per heavy atom. The van der Waals surface area contributed by atoms with E-state index in [0.29, 0.717) is 17.7 Å². The van der Waals surface area contributed by atoms with Gasteiger partial charge in [-0.05, 0) is 42.0 Å². The highest BCUT2D eigenvalue weighted by Crippen LogP contribution is 2.28. The zero-order valence-corrected chi connectivity index (χ0v) is 17.9. The number of rotatable bonds is 7. The van der Waals surface area contributed by atoms with Crippen LogP contribution in [0.15, 0.2) is 71.6 Å². The van der Waals surface area contributed by atoms with Crippen molar-refractivity contribution in [3.63, 3.8) is 0 Å². The minimum Gasteiger partial charge on any atom is -0.435 e. The lowest BCUT2D eigenvalue weighted by Gasteiger charge is -2.14. The Balaban J connectivity index is 1.91. The van der Waals surface area contributed by atoms with Crippen molar-refractivity contribution in [3.05, 3.63) is 88.4 Å². The molecule has 31 heavy (non-hydrogen) atoms. The van der Waals surface area contributed by atoms with Crippen molar-refractivity contribution in [1.29, 1.82) is 0 Å². The second-order valence-electron chi connectivity index (χ2n) is 6.73. The zero-order valence-electron chi connectivity index (χ0n) is 16.3. The van der Waals surface area contributed by atoms with E-state index in [-0.39, 0.29) is 21.2 Å². The smallest absolute Gasteiger partial charge is 0.387 e. The number of benzene rings is 3. The summed E-state index contributed by atoms with van der Waals surface area (Å²) in [5.41, 5.74) is 1.61. The van der Waals surface area contributed by atoms with E-state index >= 15 is 0 Å². The summed E-state index contributed by atoms with van der Waals surface area (Å²) in [6.07, 6.45) is 1.33. The fourth-order valence-corrected chi connectivity index (χ4v) is 3.78. The van der Waals surface area contributed by atoms with Crippen LogP contribution in [0.2, 0.25) is 5.02 Å². The standard InChI is InChI=1S/C22H18ClF2NO4S/c1-31(28,29)17-8-9-19(23)18(13-17)21(27)26-16-7-10-20(30-22(24)25)15(12-16)11-14-5-3-2-4-6-14/h2-10,12-13,22H,11H2,1H3,(H,26,27). The van der Waals surface area contributed by atoms with Crippen LogP contribution in [0.4, 0.5) is 14.5 Å². The maximum absolute atomic E-state index is 12.8. The molecule has 0 unspecified atom stereocenters. The van der Waals surface area contributed by atoms with Crippen molar-refractivity contribution in [2.24, 2.45) is 0 Å². The first-order chi connectivity index (χ1) is 14.6. The van der Waals surface area contributed by atoms with Crippen LogP contribution in [0.5, 0.6) is 5.75 Å². The highest BCUT2D eigenvalue weighted by Gasteiger charge is 2.17. The van der Waals surface area contributed by atoms with Gasteiger partial charge in [0.1, 0.15) is 5.75 Å². The van der Waals surface area contributed by atoms with Crippen molar-refractivity contribution in [3.8, 4) is 5.75 Å². The maximum Gasteiger partial charge on any atom is 0.387 e. The van der Waals surface area contributed by atoms with Crippen LogP contribution >= 0.6 is 11.6 Å². The molecule has 0 aliphatic heterocycles. The highest BCUT2D eigenvalue weighted by molar-refractivity contribution is 7.90. The van der Waals surface area contributed by atoms with Crippen LogP contribution in [0.25, 0.3) is 0 Å². The Morgan fingerprint density at radius 3 is 2.42 bits per heavy atom. The van der Waals surface area contributed by atoms with Crippen LogP contribution < -0.4 is 10.1 Å². The van der Waals surface area contributed by atoms with Gasteiger partial charge in [0.15, 0.2) is 9.84 Å². The molecule has 3 aromatic carbocycles. The lowest BCUT2D eigenvalue weighted by molar-refractivity contribution is -0.0503. The van der Waals surface area contributed by atoms with Gasteiger partial charge < -0.3 is 10.1 Å². The summed E-state index contributed by atoms with van der Waals surface area (Å²) in [6.45, 7) is -2.99. The van der Waals surface area contributed by atoms with E-state index in [1.54, 1.807) is 0 Å². The predicted octanol–water partition coefficient (Wildman–Crippen LogP) is 5.19. The summed E-state index contributed by atoms with van der Waals surface area (Å²) in [5, 5.41) is 2.70. The molecule has 0 aromatic heterocycles. The quantitative estimate of drug-likeness (QED) is 0.521. The summed E-state index contributed by atoms with van der Waals surface area (Å²) in [5.74, 6) is -0.641. The van der Waals surface area contributed by atoms with E-state index < -0.39 is 22.4 Å². The number of carbonyl (C=O) groups excluding carboxylic acids is 1. The second kappa shape index (κ2) is 9.45. The van der Waals surface area contributed by atoms with E-state index in [2.05, 4.69) is 10.1 Å². The molecule has 0 saturated heterocycles. The SMILES string of the molecule is CS(=O)(=O)c1ccc(Cl)c(C(=O)Nc2ccc(OC(F)F)c(Cc3ccccc3)c2)c1. The molecular formula is C22H18ClF2NO4S. The van der Waals surface area contributed by atoms with Gasteiger partial charge in [0, 0.05) is 23.9 Å². The van der Waals surface area contributed by atoms with Gasteiger partial charge in [0.05, 0.1) is 15.5 Å². The Hall–Kier alpha value is -2.97. The topological polar surface area (TPSA) is 72.5 Å². The molecule has 1 amide bonds. The third-order valence-electron chi connectivity index (χ3n) is 4.38. The second-order valence-corrected chi connectivity index (χ2v) is 9.15.